The van der Waals surface area contributed by atoms with Crippen molar-refractivity contribution in [2.45, 2.75) is 50.5 Å². The van der Waals surface area contributed by atoms with E-state index in [2.05, 4.69) is 5.32 Å². The van der Waals surface area contributed by atoms with E-state index < -0.39 is 29.9 Å². The molecule has 0 aromatic heterocycles. The van der Waals surface area contributed by atoms with E-state index in [0.717, 1.165) is 11.1 Å². The molecular weight excluding hydrogens is 384 g/mol. The lowest BCUT2D eigenvalue weighted by molar-refractivity contribution is -0.00581. The van der Waals surface area contributed by atoms with Gasteiger partial charge in [-0.3, -0.25) is 0 Å². The molecule has 2 amide bonds. The Hall–Kier alpha value is -3.06. The van der Waals surface area contributed by atoms with Crippen LogP contribution in [0, 0.1) is 0 Å². The normalized spacial score (nSPS) is 24.0. The largest absolute Gasteiger partial charge is 0.465 e. The average Bonchev–Trinajstić information content (AvgIpc) is 2.85. The van der Waals surface area contributed by atoms with Crippen molar-refractivity contribution in [3.8, 4) is 0 Å². The van der Waals surface area contributed by atoms with E-state index in [1.807, 2.05) is 60.7 Å². The van der Waals surface area contributed by atoms with Gasteiger partial charge in [-0.05, 0) is 37.3 Å². The number of nitrogens with zero attached hydrogens (tertiary/aromatic N) is 1. The number of carboxylic acid groups (broad SMARTS) is 1. The van der Waals surface area contributed by atoms with E-state index in [0.29, 0.717) is 25.8 Å². The monoisotopic (exact) mass is 412 g/mol. The number of hydrogen-bond acceptors (Lipinski definition) is 4. The summed E-state index contributed by atoms with van der Waals surface area (Å²) in [5, 5.41) is 23.7. The van der Waals surface area contributed by atoms with Crippen LogP contribution in [0.2, 0.25) is 0 Å². The zero-order chi connectivity index (χ0) is 21.6. The van der Waals surface area contributed by atoms with Crippen LogP contribution in [-0.2, 0) is 17.8 Å². The van der Waals surface area contributed by atoms with Gasteiger partial charge in [-0.2, -0.15) is 0 Å². The number of nitrogens with one attached hydrogen (secondary N) is 1. The van der Waals surface area contributed by atoms with Crippen LogP contribution in [0.5, 0.6) is 0 Å². The average molecular weight is 412 g/mol. The molecular formula is C23H28N2O5. The lowest BCUT2D eigenvalue weighted by atomic mass is 9.85. The van der Waals surface area contributed by atoms with Crippen molar-refractivity contribution in [2.75, 3.05) is 6.54 Å². The third-order valence-corrected chi connectivity index (χ3v) is 5.56. The van der Waals surface area contributed by atoms with Crippen molar-refractivity contribution in [3.05, 3.63) is 71.8 Å². The predicted molar refractivity (Wildman–Crippen MR) is 112 cm³/mol. The van der Waals surface area contributed by atoms with Gasteiger partial charge in [-0.15, -0.1) is 0 Å². The first-order valence-electron chi connectivity index (χ1n) is 10.1. The molecule has 0 radical (unpaired) electrons. The molecule has 0 spiro atoms. The van der Waals surface area contributed by atoms with Crippen LogP contribution in [0.4, 0.5) is 9.59 Å². The number of alkyl carbamates (subject to hydrolysis) is 1. The van der Waals surface area contributed by atoms with Gasteiger partial charge in [0.25, 0.3) is 0 Å². The van der Waals surface area contributed by atoms with Crippen LogP contribution in [0.25, 0.3) is 0 Å². The second-order valence-corrected chi connectivity index (χ2v) is 7.88. The summed E-state index contributed by atoms with van der Waals surface area (Å²) in [7, 11) is 0. The van der Waals surface area contributed by atoms with E-state index in [1.165, 1.54) is 4.90 Å². The van der Waals surface area contributed by atoms with Crippen LogP contribution >= 0.6 is 0 Å². The molecule has 0 aliphatic carbocycles. The lowest BCUT2D eigenvalue weighted by Crippen LogP contribution is -2.61. The zero-order valence-electron chi connectivity index (χ0n) is 17.0. The number of benzene rings is 2. The highest BCUT2D eigenvalue weighted by atomic mass is 16.5. The maximum atomic E-state index is 12.5. The Labute approximate surface area is 176 Å². The number of ether oxygens (including phenoxy) is 1. The molecule has 1 fully saturated rings. The maximum Gasteiger partial charge on any atom is 0.407 e. The van der Waals surface area contributed by atoms with Gasteiger partial charge < -0.3 is 25.2 Å². The third kappa shape index (κ3) is 5.51. The van der Waals surface area contributed by atoms with Gasteiger partial charge in [0.15, 0.2) is 0 Å². The first-order chi connectivity index (χ1) is 14.4. The van der Waals surface area contributed by atoms with Gasteiger partial charge >= 0.3 is 12.2 Å². The second-order valence-electron chi connectivity index (χ2n) is 7.88. The van der Waals surface area contributed by atoms with Gasteiger partial charge in [-0.25, -0.2) is 9.59 Å². The van der Waals surface area contributed by atoms with Crippen LogP contribution < -0.4 is 5.32 Å². The van der Waals surface area contributed by atoms with E-state index in [1.54, 1.807) is 6.92 Å². The van der Waals surface area contributed by atoms with Crippen LogP contribution in [-0.4, -0.2) is 51.5 Å². The maximum absolute atomic E-state index is 12.5. The standard InChI is InChI=1S/C23H28N2O5/c1-23(29)13-8-14-25(22(27)28)19(15-17-9-4-2-5-10-17)20(23)24-21(26)30-16-18-11-6-3-7-12-18/h2-7,9-12,19-20,29H,8,13-16H2,1H3,(H,24,26)(H,27,28)/t19?,20-,23+/m1/s1. The summed E-state index contributed by atoms with van der Waals surface area (Å²) in [4.78, 5) is 25.8. The van der Waals surface area contributed by atoms with Crippen molar-refractivity contribution < 1.29 is 24.5 Å². The summed E-state index contributed by atoms with van der Waals surface area (Å²) in [6, 6.07) is 17.3. The minimum atomic E-state index is -1.28. The summed E-state index contributed by atoms with van der Waals surface area (Å²) < 4.78 is 5.33. The molecule has 1 unspecified atom stereocenters. The Kier molecular flexibility index (Phi) is 6.95. The number of hydrogen-bond donors (Lipinski definition) is 3. The molecule has 30 heavy (non-hydrogen) atoms. The summed E-state index contributed by atoms with van der Waals surface area (Å²) in [6.07, 6.45) is -0.520. The number of aliphatic hydroxyl groups is 1. The fourth-order valence-corrected chi connectivity index (χ4v) is 3.99. The minimum absolute atomic E-state index is 0.0908. The molecule has 3 N–H and O–H groups in total. The molecule has 3 atom stereocenters. The molecule has 3 rings (SSSR count). The summed E-state index contributed by atoms with van der Waals surface area (Å²) in [5.74, 6) is 0. The molecule has 7 nitrogen and oxygen atoms in total. The van der Waals surface area contributed by atoms with E-state index in [9.17, 15) is 19.8 Å². The van der Waals surface area contributed by atoms with Crippen molar-refractivity contribution >= 4 is 12.2 Å². The van der Waals surface area contributed by atoms with Gasteiger partial charge in [-0.1, -0.05) is 60.7 Å². The molecule has 0 saturated carbocycles. The smallest absolute Gasteiger partial charge is 0.407 e. The van der Waals surface area contributed by atoms with Gasteiger partial charge in [0.2, 0.25) is 0 Å². The molecule has 1 saturated heterocycles. The highest BCUT2D eigenvalue weighted by Gasteiger charge is 2.45. The van der Waals surface area contributed by atoms with Gasteiger partial charge in [0.05, 0.1) is 17.7 Å². The Bertz CT molecular complexity index is 841. The molecule has 1 aliphatic rings. The van der Waals surface area contributed by atoms with E-state index in [4.69, 9.17) is 4.74 Å². The number of carbonyl (C=O) groups is 2. The first-order valence-corrected chi connectivity index (χ1v) is 10.1. The third-order valence-electron chi connectivity index (χ3n) is 5.56. The molecule has 2 aromatic carbocycles. The fourth-order valence-electron chi connectivity index (χ4n) is 3.99. The summed E-state index contributed by atoms with van der Waals surface area (Å²) in [6.45, 7) is 2.02. The number of likely N-dealkylation sites (tertiary alicyclic amines) is 1. The highest BCUT2D eigenvalue weighted by molar-refractivity contribution is 5.69. The zero-order valence-corrected chi connectivity index (χ0v) is 17.0. The van der Waals surface area contributed by atoms with Crippen molar-refractivity contribution in [2.24, 2.45) is 0 Å². The highest BCUT2D eigenvalue weighted by Crippen LogP contribution is 2.29. The number of carbonyl (C=O) groups excluding carboxylic acids is 1. The summed E-state index contributed by atoms with van der Waals surface area (Å²) >= 11 is 0. The Morgan fingerprint density at radius 3 is 2.30 bits per heavy atom. The van der Waals surface area contributed by atoms with Crippen LogP contribution in [0.15, 0.2) is 60.7 Å². The van der Waals surface area contributed by atoms with Crippen molar-refractivity contribution in [1.29, 1.82) is 0 Å². The lowest BCUT2D eigenvalue weighted by Gasteiger charge is -2.39. The topological polar surface area (TPSA) is 99.1 Å². The molecule has 1 heterocycles. The van der Waals surface area contributed by atoms with Crippen LogP contribution in [0.1, 0.15) is 30.9 Å². The Morgan fingerprint density at radius 1 is 1.10 bits per heavy atom. The Balaban J connectivity index is 1.80. The SMILES string of the molecule is C[C@]1(O)CCCN(C(=O)O)C(Cc2ccccc2)[C@H]1NC(=O)OCc1ccccc1. The van der Waals surface area contributed by atoms with E-state index >= 15 is 0 Å². The van der Waals surface area contributed by atoms with Gasteiger partial charge in [0, 0.05) is 6.54 Å². The number of amides is 2. The second kappa shape index (κ2) is 9.63. The van der Waals surface area contributed by atoms with E-state index in [-0.39, 0.29) is 6.61 Å². The molecule has 1 aliphatic heterocycles. The molecule has 160 valence electrons. The fraction of sp³-hybridized carbons (Fsp3) is 0.391. The van der Waals surface area contributed by atoms with Gasteiger partial charge in [0.1, 0.15) is 6.61 Å². The Morgan fingerprint density at radius 2 is 1.70 bits per heavy atom. The molecule has 2 aromatic rings. The molecule has 0 bridgehead atoms. The first kappa shape index (κ1) is 21.6. The predicted octanol–water partition coefficient (Wildman–Crippen LogP) is 3.42. The quantitative estimate of drug-likeness (QED) is 0.699. The van der Waals surface area contributed by atoms with Crippen molar-refractivity contribution in [1.82, 2.24) is 10.2 Å². The number of rotatable bonds is 5. The van der Waals surface area contributed by atoms with Crippen molar-refractivity contribution in [3.63, 3.8) is 0 Å². The van der Waals surface area contributed by atoms with Crippen LogP contribution in [0.3, 0.4) is 0 Å². The molecule has 7 heteroatoms. The summed E-state index contributed by atoms with van der Waals surface area (Å²) in [5.41, 5.74) is 0.485. The minimum Gasteiger partial charge on any atom is -0.465 e.